The van der Waals surface area contributed by atoms with E-state index in [1.807, 2.05) is 0 Å². The van der Waals surface area contributed by atoms with Crippen LogP contribution >= 0.6 is 0 Å². The minimum Gasteiger partial charge on any atom is -0.371 e. The van der Waals surface area contributed by atoms with E-state index in [0.29, 0.717) is 6.04 Å². The van der Waals surface area contributed by atoms with Crippen molar-refractivity contribution in [3.63, 3.8) is 0 Å². The maximum atomic E-state index is 3.65. The fourth-order valence-electron chi connectivity index (χ4n) is 2.78. The van der Waals surface area contributed by atoms with Gasteiger partial charge in [-0.15, -0.1) is 0 Å². The minimum absolute atomic E-state index is 0.669. The molecule has 1 N–H and O–H groups in total. The van der Waals surface area contributed by atoms with Gasteiger partial charge in [-0.3, -0.25) is 0 Å². The molecule has 0 saturated heterocycles. The average Bonchev–Trinajstić information content (AvgIpc) is 2.46. The molecule has 2 rings (SSSR count). The maximum Gasteiger partial charge on any atom is 0.0605 e. The second kappa shape index (κ2) is 6.80. The molecule has 1 aromatic carbocycles. The Labute approximate surface area is 117 Å². The van der Waals surface area contributed by atoms with Crippen LogP contribution in [-0.4, -0.2) is 39.3 Å². The van der Waals surface area contributed by atoms with E-state index in [9.17, 15) is 0 Å². The first-order valence-corrected chi connectivity index (χ1v) is 7.54. The molecule has 19 heavy (non-hydrogen) atoms. The van der Waals surface area contributed by atoms with Gasteiger partial charge in [0.25, 0.3) is 0 Å². The lowest BCUT2D eigenvalue weighted by atomic mass is 10.1. The number of benzene rings is 1. The zero-order valence-corrected chi connectivity index (χ0v) is 12.5. The van der Waals surface area contributed by atoms with E-state index in [4.69, 9.17) is 0 Å². The molecule has 106 valence electrons. The van der Waals surface area contributed by atoms with E-state index < -0.39 is 0 Å². The van der Waals surface area contributed by atoms with Crippen LogP contribution in [-0.2, 0) is 0 Å². The Morgan fingerprint density at radius 1 is 1.11 bits per heavy atom. The van der Waals surface area contributed by atoms with Gasteiger partial charge in [0.1, 0.15) is 0 Å². The summed E-state index contributed by atoms with van der Waals surface area (Å²) < 4.78 is 0. The number of rotatable bonds is 6. The van der Waals surface area contributed by atoms with Crippen molar-refractivity contribution in [2.24, 2.45) is 0 Å². The van der Waals surface area contributed by atoms with Crippen molar-refractivity contribution in [1.29, 1.82) is 0 Å². The zero-order valence-electron chi connectivity index (χ0n) is 12.5. The number of fused-ring (bicyclic) bond motifs is 1. The first-order chi connectivity index (χ1) is 9.26. The molecule has 1 aromatic rings. The number of hydrogen-bond acceptors (Lipinski definition) is 3. The molecule has 0 fully saturated rings. The van der Waals surface area contributed by atoms with Crippen LogP contribution in [0.1, 0.15) is 26.7 Å². The normalized spacial score (nSPS) is 14.9. The summed E-state index contributed by atoms with van der Waals surface area (Å²) in [7, 11) is 2.18. The Morgan fingerprint density at radius 3 is 2.47 bits per heavy atom. The molecule has 0 amide bonds. The highest BCUT2D eigenvalue weighted by Gasteiger charge is 2.19. The number of nitrogens with zero attached hydrogens (tertiary/aromatic N) is 2. The minimum atomic E-state index is 0.669. The molecule has 0 bridgehead atoms. The Morgan fingerprint density at radius 2 is 1.79 bits per heavy atom. The summed E-state index contributed by atoms with van der Waals surface area (Å²) in [6.07, 6.45) is 2.44. The van der Waals surface area contributed by atoms with Crippen molar-refractivity contribution in [3.8, 4) is 0 Å². The molecule has 1 heterocycles. The van der Waals surface area contributed by atoms with Gasteiger partial charge < -0.3 is 15.1 Å². The molecule has 0 aromatic heterocycles. The largest absolute Gasteiger partial charge is 0.371 e. The summed E-state index contributed by atoms with van der Waals surface area (Å²) in [5.41, 5.74) is 2.74. The summed E-state index contributed by atoms with van der Waals surface area (Å²) in [5, 5.41) is 3.65. The van der Waals surface area contributed by atoms with Gasteiger partial charge in [-0.2, -0.15) is 0 Å². The van der Waals surface area contributed by atoms with Crippen LogP contribution in [0.4, 0.5) is 11.4 Å². The molecule has 3 nitrogen and oxygen atoms in total. The van der Waals surface area contributed by atoms with Crippen molar-refractivity contribution >= 4 is 11.4 Å². The van der Waals surface area contributed by atoms with Crippen molar-refractivity contribution in [3.05, 3.63) is 24.3 Å². The molecule has 0 radical (unpaired) electrons. The summed E-state index contributed by atoms with van der Waals surface area (Å²) in [5.74, 6) is 0. The van der Waals surface area contributed by atoms with Crippen LogP contribution in [0.5, 0.6) is 0 Å². The molecule has 1 aliphatic heterocycles. The van der Waals surface area contributed by atoms with Crippen LogP contribution in [0, 0.1) is 0 Å². The molecule has 0 unspecified atom stereocenters. The van der Waals surface area contributed by atoms with E-state index in [1.165, 1.54) is 24.2 Å². The van der Waals surface area contributed by atoms with Crippen LogP contribution in [0.2, 0.25) is 0 Å². The third-order valence-electron chi connectivity index (χ3n) is 4.14. The standard InChI is InChI=1S/C16H27N3/c1-4-14(5-2)17-10-11-19-13-12-18(3)15-8-6-7-9-16(15)19/h6-9,14,17H,4-5,10-13H2,1-3H3. The fourth-order valence-corrected chi connectivity index (χ4v) is 2.78. The Bertz CT molecular complexity index is 387. The molecule has 0 saturated carbocycles. The summed E-state index contributed by atoms with van der Waals surface area (Å²) in [6.45, 7) is 8.92. The number of likely N-dealkylation sites (N-methyl/N-ethyl adjacent to an activating group) is 1. The van der Waals surface area contributed by atoms with Gasteiger partial charge in [0.2, 0.25) is 0 Å². The van der Waals surface area contributed by atoms with E-state index >= 15 is 0 Å². The van der Waals surface area contributed by atoms with Crippen molar-refractivity contribution in [2.75, 3.05) is 43.0 Å². The molecule has 1 aliphatic rings. The predicted molar refractivity (Wildman–Crippen MR) is 84.3 cm³/mol. The number of nitrogens with one attached hydrogen (secondary N) is 1. The summed E-state index contributed by atoms with van der Waals surface area (Å²) in [4.78, 5) is 4.85. The Hall–Kier alpha value is -1.22. The van der Waals surface area contributed by atoms with Gasteiger partial charge in [0, 0.05) is 39.3 Å². The Kier molecular flexibility index (Phi) is 5.08. The second-order valence-electron chi connectivity index (χ2n) is 5.36. The Balaban J connectivity index is 1.93. The van der Waals surface area contributed by atoms with Crippen LogP contribution < -0.4 is 15.1 Å². The van der Waals surface area contributed by atoms with Crippen LogP contribution in [0.3, 0.4) is 0 Å². The van der Waals surface area contributed by atoms with Gasteiger partial charge in [0.05, 0.1) is 11.4 Å². The third-order valence-corrected chi connectivity index (χ3v) is 4.14. The monoisotopic (exact) mass is 261 g/mol. The van der Waals surface area contributed by atoms with Gasteiger partial charge in [-0.1, -0.05) is 26.0 Å². The van der Waals surface area contributed by atoms with Crippen molar-refractivity contribution < 1.29 is 0 Å². The average molecular weight is 261 g/mol. The zero-order chi connectivity index (χ0) is 13.7. The van der Waals surface area contributed by atoms with Crippen LogP contribution in [0.15, 0.2) is 24.3 Å². The van der Waals surface area contributed by atoms with Gasteiger partial charge in [-0.25, -0.2) is 0 Å². The molecule has 0 aliphatic carbocycles. The molecule has 0 atom stereocenters. The molecular formula is C16H27N3. The topological polar surface area (TPSA) is 18.5 Å². The van der Waals surface area contributed by atoms with Crippen molar-refractivity contribution in [2.45, 2.75) is 32.7 Å². The highest BCUT2D eigenvalue weighted by Crippen LogP contribution is 2.31. The maximum absolute atomic E-state index is 3.65. The summed E-state index contributed by atoms with van der Waals surface area (Å²) in [6, 6.07) is 9.39. The third kappa shape index (κ3) is 3.41. The molecule has 0 spiro atoms. The molecular weight excluding hydrogens is 234 g/mol. The summed E-state index contributed by atoms with van der Waals surface area (Å²) >= 11 is 0. The number of hydrogen-bond donors (Lipinski definition) is 1. The van der Waals surface area contributed by atoms with Gasteiger partial charge >= 0.3 is 0 Å². The lowest BCUT2D eigenvalue weighted by Gasteiger charge is -2.37. The lowest BCUT2D eigenvalue weighted by molar-refractivity contribution is 0.485. The van der Waals surface area contributed by atoms with E-state index in [0.717, 1.165) is 26.2 Å². The fraction of sp³-hybridized carbons (Fsp3) is 0.625. The highest BCUT2D eigenvalue weighted by molar-refractivity contribution is 5.73. The number of anilines is 2. The first-order valence-electron chi connectivity index (χ1n) is 7.54. The number of para-hydroxylation sites is 2. The van der Waals surface area contributed by atoms with E-state index in [1.54, 1.807) is 0 Å². The van der Waals surface area contributed by atoms with E-state index in [-0.39, 0.29) is 0 Å². The van der Waals surface area contributed by atoms with Crippen molar-refractivity contribution in [1.82, 2.24) is 5.32 Å². The lowest BCUT2D eigenvalue weighted by Crippen LogP contribution is -2.43. The van der Waals surface area contributed by atoms with Gasteiger partial charge in [-0.05, 0) is 25.0 Å². The quantitative estimate of drug-likeness (QED) is 0.849. The van der Waals surface area contributed by atoms with E-state index in [2.05, 4.69) is 60.3 Å². The second-order valence-corrected chi connectivity index (χ2v) is 5.36. The predicted octanol–water partition coefficient (Wildman–Crippen LogP) is 2.72. The van der Waals surface area contributed by atoms with Gasteiger partial charge in [0.15, 0.2) is 0 Å². The molecule has 3 heteroatoms. The first kappa shape index (κ1) is 14.2. The highest BCUT2D eigenvalue weighted by atomic mass is 15.3. The van der Waals surface area contributed by atoms with Crippen LogP contribution in [0.25, 0.3) is 0 Å². The SMILES string of the molecule is CCC(CC)NCCN1CCN(C)c2ccccc21. The smallest absolute Gasteiger partial charge is 0.0605 e.